The summed E-state index contributed by atoms with van der Waals surface area (Å²) in [4.78, 5) is 0. The van der Waals surface area contributed by atoms with Crippen LogP contribution in [0.1, 0.15) is 85.5 Å². The highest BCUT2D eigenvalue weighted by molar-refractivity contribution is 5.25. The summed E-state index contributed by atoms with van der Waals surface area (Å²) in [7, 11) is 0. The average Bonchev–Trinajstić information content (AvgIpc) is 2.92. The van der Waals surface area contributed by atoms with Crippen LogP contribution in [-0.2, 0) is 0 Å². The van der Waals surface area contributed by atoms with Gasteiger partial charge in [-0.2, -0.15) is 0 Å². The Kier molecular flexibility index (Phi) is 4.18. The van der Waals surface area contributed by atoms with Crippen LogP contribution in [0.25, 0.3) is 0 Å². The van der Waals surface area contributed by atoms with Crippen LogP contribution < -0.4 is 0 Å². The maximum Gasteiger partial charge on any atom is 0.0577 e. The predicted molar refractivity (Wildman–Crippen MR) is 101 cm³/mol. The third kappa shape index (κ3) is 2.29. The molecular formula is C23H38O. The number of allylic oxidation sites excluding steroid dienone is 1. The molecule has 8 atom stereocenters. The minimum atomic E-state index is -0.0732. The molecule has 0 aromatic carbocycles. The van der Waals surface area contributed by atoms with Crippen LogP contribution >= 0.6 is 0 Å². The maximum absolute atomic E-state index is 10.1. The smallest absolute Gasteiger partial charge is 0.0577 e. The van der Waals surface area contributed by atoms with Crippen LogP contribution in [0, 0.1) is 40.4 Å². The Balaban J connectivity index is 1.63. The molecule has 24 heavy (non-hydrogen) atoms. The molecule has 0 heterocycles. The molecule has 0 aliphatic heterocycles. The lowest BCUT2D eigenvalue weighted by molar-refractivity contribution is -0.0568. The van der Waals surface area contributed by atoms with Gasteiger partial charge in [0.1, 0.15) is 0 Å². The van der Waals surface area contributed by atoms with Gasteiger partial charge in [0.05, 0.1) is 6.10 Å². The molecule has 4 aliphatic rings. The van der Waals surface area contributed by atoms with Gasteiger partial charge in [-0.25, -0.2) is 0 Å². The highest BCUT2D eigenvalue weighted by atomic mass is 16.3. The molecule has 0 amide bonds. The van der Waals surface area contributed by atoms with Crippen molar-refractivity contribution in [1.29, 1.82) is 0 Å². The Hall–Kier alpha value is -0.300. The topological polar surface area (TPSA) is 20.2 Å². The van der Waals surface area contributed by atoms with Gasteiger partial charge in [0.2, 0.25) is 0 Å². The van der Waals surface area contributed by atoms with Gasteiger partial charge >= 0.3 is 0 Å². The van der Waals surface area contributed by atoms with E-state index in [4.69, 9.17) is 0 Å². The van der Waals surface area contributed by atoms with Gasteiger partial charge in [-0.1, -0.05) is 45.8 Å². The van der Waals surface area contributed by atoms with E-state index in [0.29, 0.717) is 10.8 Å². The average molecular weight is 331 g/mol. The third-order valence-electron chi connectivity index (χ3n) is 9.48. The van der Waals surface area contributed by atoms with Crippen molar-refractivity contribution < 1.29 is 5.11 Å². The quantitative estimate of drug-likeness (QED) is 0.618. The Bertz CT molecular complexity index is 522. The van der Waals surface area contributed by atoms with Crippen LogP contribution in [0.15, 0.2) is 11.6 Å². The molecule has 0 bridgehead atoms. The normalized spacial score (nSPS) is 52.0. The zero-order valence-corrected chi connectivity index (χ0v) is 16.4. The van der Waals surface area contributed by atoms with Crippen LogP contribution in [-0.4, -0.2) is 11.2 Å². The van der Waals surface area contributed by atoms with E-state index in [1.54, 1.807) is 5.57 Å². The monoisotopic (exact) mass is 330 g/mol. The van der Waals surface area contributed by atoms with Gasteiger partial charge in [0.25, 0.3) is 0 Å². The standard InChI is InChI=1S/C23H38O/c1-5-15(2)19-8-9-20-18-7-6-16-14-17(24)10-12-22(16,3)21(18)11-13-23(19,20)4/h6,15,17-21,24H,5,7-14H2,1-4H3/t15-,17+,18?,19?,20?,21?,22+,23-/m1/s1. The third-order valence-corrected chi connectivity index (χ3v) is 9.48. The number of aliphatic hydroxyl groups excluding tert-OH is 1. The molecule has 4 unspecified atom stereocenters. The fourth-order valence-electron chi connectivity index (χ4n) is 7.90. The maximum atomic E-state index is 10.1. The van der Waals surface area contributed by atoms with Crippen molar-refractivity contribution in [1.82, 2.24) is 0 Å². The van der Waals surface area contributed by atoms with Crippen LogP contribution in [0.3, 0.4) is 0 Å². The van der Waals surface area contributed by atoms with E-state index in [9.17, 15) is 5.11 Å². The van der Waals surface area contributed by atoms with E-state index >= 15 is 0 Å². The molecule has 0 spiro atoms. The molecule has 3 fully saturated rings. The van der Waals surface area contributed by atoms with Crippen LogP contribution in [0.4, 0.5) is 0 Å². The first kappa shape index (κ1) is 17.1. The molecule has 0 radical (unpaired) electrons. The van der Waals surface area contributed by atoms with Crippen molar-refractivity contribution in [3.63, 3.8) is 0 Å². The SMILES string of the molecule is CC[C@@H](C)C1CCC2C3CC=C4C[C@@H](O)CC[C@]4(C)C3CC[C@@]21C. The van der Waals surface area contributed by atoms with Crippen molar-refractivity contribution in [2.24, 2.45) is 40.4 Å². The minimum Gasteiger partial charge on any atom is -0.393 e. The molecule has 1 N–H and O–H groups in total. The first-order valence-corrected chi connectivity index (χ1v) is 10.8. The Morgan fingerprint density at radius 1 is 1.12 bits per heavy atom. The molecular weight excluding hydrogens is 292 g/mol. The first-order chi connectivity index (χ1) is 11.4. The lowest BCUT2D eigenvalue weighted by Crippen LogP contribution is -2.50. The summed E-state index contributed by atoms with van der Waals surface area (Å²) >= 11 is 0. The van der Waals surface area contributed by atoms with E-state index in [1.165, 1.54) is 44.9 Å². The fourth-order valence-corrected chi connectivity index (χ4v) is 7.90. The molecule has 4 aliphatic carbocycles. The van der Waals surface area contributed by atoms with Crippen molar-refractivity contribution in [2.75, 3.05) is 0 Å². The van der Waals surface area contributed by atoms with Gasteiger partial charge in [-0.3, -0.25) is 0 Å². The van der Waals surface area contributed by atoms with E-state index in [0.717, 1.165) is 42.4 Å². The van der Waals surface area contributed by atoms with Crippen molar-refractivity contribution >= 4 is 0 Å². The molecule has 0 aromatic heterocycles. The zero-order chi connectivity index (χ0) is 17.1. The second kappa shape index (κ2) is 5.86. The number of fused-ring (bicyclic) bond motifs is 5. The number of hydrogen-bond donors (Lipinski definition) is 1. The van der Waals surface area contributed by atoms with E-state index < -0.39 is 0 Å². The predicted octanol–water partition coefficient (Wildman–Crippen LogP) is 5.97. The second-order valence-corrected chi connectivity index (χ2v) is 10.3. The van der Waals surface area contributed by atoms with Gasteiger partial charge < -0.3 is 5.11 Å². The summed E-state index contributed by atoms with van der Waals surface area (Å²) in [6.07, 6.45) is 14.2. The second-order valence-electron chi connectivity index (χ2n) is 10.3. The van der Waals surface area contributed by atoms with Crippen molar-refractivity contribution in [2.45, 2.75) is 91.6 Å². The number of rotatable bonds is 2. The molecule has 4 rings (SSSR count). The van der Waals surface area contributed by atoms with Gasteiger partial charge in [0, 0.05) is 0 Å². The van der Waals surface area contributed by atoms with E-state index in [-0.39, 0.29) is 6.10 Å². The summed E-state index contributed by atoms with van der Waals surface area (Å²) in [5.74, 6) is 4.61. The lowest BCUT2D eigenvalue weighted by atomic mass is 9.47. The Morgan fingerprint density at radius 2 is 1.92 bits per heavy atom. The Morgan fingerprint density at radius 3 is 2.67 bits per heavy atom. The first-order valence-electron chi connectivity index (χ1n) is 10.8. The minimum absolute atomic E-state index is 0.0732. The van der Waals surface area contributed by atoms with Crippen LogP contribution in [0.5, 0.6) is 0 Å². The van der Waals surface area contributed by atoms with Crippen LogP contribution in [0.2, 0.25) is 0 Å². The summed E-state index contributed by atoms with van der Waals surface area (Å²) in [5, 5.41) is 10.1. The molecule has 3 saturated carbocycles. The molecule has 1 nitrogen and oxygen atoms in total. The van der Waals surface area contributed by atoms with Gasteiger partial charge in [-0.15, -0.1) is 0 Å². The fraction of sp³-hybridized carbons (Fsp3) is 0.913. The van der Waals surface area contributed by atoms with Gasteiger partial charge in [0.15, 0.2) is 0 Å². The highest BCUT2D eigenvalue weighted by Gasteiger charge is 2.58. The lowest BCUT2D eigenvalue weighted by Gasteiger charge is -2.58. The molecule has 136 valence electrons. The molecule has 0 saturated heterocycles. The highest BCUT2D eigenvalue weighted by Crippen LogP contribution is 2.67. The summed E-state index contributed by atoms with van der Waals surface area (Å²) < 4.78 is 0. The van der Waals surface area contributed by atoms with E-state index in [2.05, 4.69) is 33.8 Å². The van der Waals surface area contributed by atoms with Crippen molar-refractivity contribution in [3.8, 4) is 0 Å². The van der Waals surface area contributed by atoms with E-state index in [1.807, 2.05) is 0 Å². The molecule has 0 aromatic rings. The van der Waals surface area contributed by atoms with Crippen molar-refractivity contribution in [3.05, 3.63) is 11.6 Å². The largest absolute Gasteiger partial charge is 0.393 e. The zero-order valence-electron chi connectivity index (χ0n) is 16.4. The summed E-state index contributed by atoms with van der Waals surface area (Å²) in [6, 6.07) is 0. The number of hydrogen-bond acceptors (Lipinski definition) is 1. The van der Waals surface area contributed by atoms with Gasteiger partial charge in [-0.05, 0) is 91.8 Å². The summed E-state index contributed by atoms with van der Waals surface area (Å²) in [5.41, 5.74) is 2.62. The number of aliphatic hydroxyl groups is 1. The Labute approximate surface area is 149 Å². The molecule has 1 heteroatoms. The summed E-state index contributed by atoms with van der Waals surface area (Å²) in [6.45, 7) is 10.1.